The van der Waals surface area contributed by atoms with Gasteiger partial charge in [-0.2, -0.15) is 0 Å². The van der Waals surface area contributed by atoms with Crippen molar-refractivity contribution in [3.63, 3.8) is 0 Å². The van der Waals surface area contributed by atoms with Gasteiger partial charge in [-0.3, -0.25) is 24.2 Å². The summed E-state index contributed by atoms with van der Waals surface area (Å²) in [6.07, 6.45) is 0. The molecule has 0 spiro atoms. The number of rotatable bonds is 9. The monoisotopic (exact) mass is 581 g/mol. The van der Waals surface area contributed by atoms with Crippen LogP contribution in [0.5, 0.6) is 0 Å². The number of amides is 3. The number of fused-ring (bicyclic) bond motifs is 1. The molecule has 6 N–H and O–H groups in total. The minimum Gasteiger partial charge on any atom is -0.477 e. The quantitative estimate of drug-likeness (QED) is 0.126. The molecule has 202 valence electrons. The van der Waals surface area contributed by atoms with E-state index in [1.165, 1.54) is 40.5 Å². The molecule has 0 saturated carbocycles. The summed E-state index contributed by atoms with van der Waals surface area (Å²) in [5.74, 6) is -2.74. The van der Waals surface area contributed by atoms with Crippen LogP contribution in [0.25, 0.3) is 0 Å². The molecule has 2 atom stereocenters. The van der Waals surface area contributed by atoms with Gasteiger partial charge in [-0.1, -0.05) is 5.16 Å². The topological polar surface area (TPSA) is 197 Å². The van der Waals surface area contributed by atoms with Crippen molar-refractivity contribution in [2.24, 2.45) is 17.9 Å². The summed E-state index contributed by atoms with van der Waals surface area (Å²) in [7, 11) is 4.82. The second-order valence-electron chi connectivity index (χ2n) is 8.39. The maximum absolute atomic E-state index is 13.1. The van der Waals surface area contributed by atoms with Crippen LogP contribution in [-0.4, -0.2) is 82.3 Å². The molecule has 3 amide bonds. The number of β-lactam (4-membered cyclic amide) rings is 1. The Balaban J connectivity index is 1.54. The average Bonchev–Trinajstić information content (AvgIpc) is 3.42. The van der Waals surface area contributed by atoms with Crippen LogP contribution in [0.3, 0.4) is 0 Å². The minimum atomic E-state index is -1.25. The lowest BCUT2D eigenvalue weighted by Crippen LogP contribution is -2.71. The maximum Gasteiger partial charge on any atom is 0.352 e. The molecule has 0 bridgehead atoms. The van der Waals surface area contributed by atoms with Gasteiger partial charge in [-0.15, -0.1) is 23.1 Å². The van der Waals surface area contributed by atoms with Crippen molar-refractivity contribution in [2.45, 2.75) is 18.3 Å². The molecule has 2 aliphatic rings. The highest BCUT2D eigenvalue weighted by molar-refractivity contribution is 8.00. The standard InChI is InChI=1S/C21H24N8O6S3/c1-8-14(15(22)30)38-21(28(8)3)27(2)5-9-6-36-18-12(17(32)29(18)13(9)19(33)34)25-16(31)11(26-35-4)10-7-37-20(23)24-10/h7,12,18H,5-6H2,1-4H3,(H5-,22,23,24,25,30,31,33,34)/p+1/b26-11-. The Morgan fingerprint density at radius 2 is 2.13 bits per heavy atom. The lowest BCUT2D eigenvalue weighted by molar-refractivity contribution is -0.660. The number of carbonyl (C=O) groups excluding carboxylic acids is 3. The predicted octanol–water partition coefficient (Wildman–Crippen LogP) is -0.756. The zero-order valence-electron chi connectivity index (χ0n) is 20.8. The Kier molecular flexibility index (Phi) is 7.61. The van der Waals surface area contributed by atoms with Crippen LogP contribution < -0.4 is 26.3 Å². The van der Waals surface area contributed by atoms with Crippen LogP contribution in [0.2, 0.25) is 0 Å². The number of carboxylic acids is 1. The number of primary amides is 1. The van der Waals surface area contributed by atoms with Crippen LogP contribution in [0.15, 0.2) is 21.8 Å². The maximum atomic E-state index is 13.1. The Labute approximate surface area is 228 Å². The minimum absolute atomic E-state index is 0.125. The van der Waals surface area contributed by atoms with Gasteiger partial charge in [0.1, 0.15) is 47.0 Å². The number of nitrogen functional groups attached to an aromatic ring is 1. The van der Waals surface area contributed by atoms with E-state index in [0.717, 1.165) is 11.3 Å². The second-order valence-corrected chi connectivity index (χ2v) is 11.4. The summed E-state index contributed by atoms with van der Waals surface area (Å²) in [6.45, 7) is 1.97. The molecule has 38 heavy (non-hydrogen) atoms. The second kappa shape index (κ2) is 10.6. The molecule has 2 aliphatic heterocycles. The summed E-state index contributed by atoms with van der Waals surface area (Å²) in [4.78, 5) is 62.2. The molecule has 1 fully saturated rings. The fourth-order valence-corrected chi connectivity index (χ4v) is 7.10. The molecule has 4 rings (SSSR count). The van der Waals surface area contributed by atoms with Crippen molar-refractivity contribution < 1.29 is 33.7 Å². The number of aliphatic carboxylic acids is 1. The Morgan fingerprint density at radius 1 is 1.42 bits per heavy atom. The van der Waals surface area contributed by atoms with Crippen molar-refractivity contribution in [1.29, 1.82) is 0 Å². The normalized spacial score (nSPS) is 19.1. The number of nitrogens with two attached hydrogens (primary N) is 2. The van der Waals surface area contributed by atoms with Crippen molar-refractivity contribution in [3.05, 3.63) is 32.9 Å². The highest BCUT2D eigenvalue weighted by Gasteiger charge is 2.54. The van der Waals surface area contributed by atoms with E-state index in [-0.39, 0.29) is 28.8 Å². The van der Waals surface area contributed by atoms with Crippen molar-refractivity contribution >= 4 is 74.1 Å². The van der Waals surface area contributed by atoms with Gasteiger partial charge in [-0.05, 0) is 18.3 Å². The van der Waals surface area contributed by atoms with Crippen LogP contribution in [0, 0.1) is 6.92 Å². The molecular weight excluding hydrogens is 556 g/mol. The van der Waals surface area contributed by atoms with Crippen LogP contribution in [0.1, 0.15) is 21.1 Å². The van der Waals surface area contributed by atoms with Crippen LogP contribution >= 0.6 is 34.4 Å². The summed E-state index contributed by atoms with van der Waals surface area (Å²) < 4.78 is 1.81. The highest BCUT2D eigenvalue weighted by atomic mass is 32.2. The molecule has 4 heterocycles. The number of carboxylic acid groups (broad SMARTS) is 1. The van der Waals surface area contributed by atoms with Gasteiger partial charge in [0.05, 0.1) is 14.1 Å². The van der Waals surface area contributed by atoms with Crippen molar-refractivity contribution in [1.82, 2.24) is 15.2 Å². The number of carbonyl (C=O) groups is 4. The van der Waals surface area contributed by atoms with E-state index in [4.69, 9.17) is 16.3 Å². The number of oxime groups is 1. The molecular formula is C21H25N8O6S3+. The van der Waals surface area contributed by atoms with Gasteiger partial charge in [0.2, 0.25) is 0 Å². The number of nitrogens with one attached hydrogen (secondary N) is 1. The van der Waals surface area contributed by atoms with E-state index in [1.807, 2.05) is 0 Å². The van der Waals surface area contributed by atoms with E-state index >= 15 is 0 Å². The summed E-state index contributed by atoms with van der Waals surface area (Å²) in [6, 6.07) is -0.963. The summed E-state index contributed by atoms with van der Waals surface area (Å²) in [5.41, 5.74) is 12.2. The largest absolute Gasteiger partial charge is 0.477 e. The third kappa shape index (κ3) is 4.79. The first-order chi connectivity index (χ1) is 18.0. The van der Waals surface area contributed by atoms with Gasteiger partial charge >= 0.3 is 11.1 Å². The Morgan fingerprint density at radius 3 is 2.68 bits per heavy atom. The molecule has 2 aromatic rings. The first-order valence-electron chi connectivity index (χ1n) is 11.0. The smallest absolute Gasteiger partial charge is 0.352 e. The van der Waals surface area contributed by atoms with Gasteiger partial charge < -0.3 is 26.7 Å². The van der Waals surface area contributed by atoms with Crippen molar-refractivity contribution in [2.75, 3.05) is 37.1 Å². The number of likely N-dealkylation sites (N-methyl/N-ethyl adjacent to an activating group) is 1. The first kappa shape index (κ1) is 27.3. The number of hydrogen-bond acceptors (Lipinski definition) is 12. The zero-order valence-corrected chi connectivity index (χ0v) is 23.2. The fourth-order valence-electron chi connectivity index (χ4n) is 4.15. The van der Waals surface area contributed by atoms with E-state index in [2.05, 4.69) is 15.5 Å². The SMILES string of the molecule is CO/N=C(\C(=O)NC1C(=O)N2C(C(=O)O)=C(CN(C)c3sc(C(N)=O)c(C)[n+]3C)CSC12)c1csc(N)n1. The number of thioether (sulfide) groups is 1. The number of anilines is 2. The number of nitrogens with zero attached hydrogens (tertiary/aromatic N) is 5. The van der Waals surface area contributed by atoms with Gasteiger partial charge in [0, 0.05) is 16.7 Å². The molecule has 0 aliphatic carbocycles. The Hall–Kier alpha value is -3.70. The molecule has 14 nitrogen and oxygen atoms in total. The van der Waals surface area contributed by atoms with Crippen LogP contribution in [-0.2, 0) is 26.3 Å². The molecule has 2 unspecified atom stereocenters. The van der Waals surface area contributed by atoms with Gasteiger partial charge in [0.15, 0.2) is 10.8 Å². The molecule has 0 radical (unpaired) electrons. The highest BCUT2D eigenvalue weighted by Crippen LogP contribution is 2.41. The Bertz CT molecular complexity index is 1400. The van der Waals surface area contributed by atoms with E-state index in [9.17, 15) is 24.3 Å². The average molecular weight is 582 g/mol. The number of thiazole rings is 2. The summed E-state index contributed by atoms with van der Waals surface area (Å²) >= 11 is 3.66. The van der Waals surface area contributed by atoms with Crippen molar-refractivity contribution in [3.8, 4) is 0 Å². The predicted molar refractivity (Wildman–Crippen MR) is 142 cm³/mol. The van der Waals surface area contributed by atoms with Gasteiger partial charge in [-0.25, -0.2) is 14.3 Å². The van der Waals surface area contributed by atoms with E-state index in [1.54, 1.807) is 30.5 Å². The van der Waals surface area contributed by atoms with Crippen LogP contribution in [0.4, 0.5) is 10.3 Å². The molecule has 1 saturated heterocycles. The molecule has 2 aromatic heterocycles. The van der Waals surface area contributed by atoms with E-state index < -0.39 is 35.1 Å². The first-order valence-corrected chi connectivity index (χ1v) is 13.7. The third-order valence-corrected chi connectivity index (χ3v) is 9.47. The fraction of sp³-hybridized carbons (Fsp3) is 0.381. The number of hydrogen-bond donors (Lipinski definition) is 4. The number of aromatic nitrogens is 2. The zero-order chi connectivity index (χ0) is 27.9. The molecule has 17 heteroatoms. The lowest BCUT2D eigenvalue weighted by atomic mass is 10.0. The third-order valence-electron chi connectivity index (χ3n) is 5.99. The van der Waals surface area contributed by atoms with Gasteiger partial charge in [0.25, 0.3) is 17.7 Å². The van der Waals surface area contributed by atoms with E-state index in [0.29, 0.717) is 27.0 Å². The molecule has 0 aromatic carbocycles. The lowest BCUT2D eigenvalue weighted by Gasteiger charge is -2.49. The summed E-state index contributed by atoms with van der Waals surface area (Å²) in [5, 5.41) is 18.2.